The Morgan fingerprint density at radius 3 is 1.42 bits per heavy atom. The number of carbonyl (C=O) groups is 2. The molecule has 0 radical (unpaired) electrons. The van der Waals surface area contributed by atoms with Crippen LogP contribution in [0.15, 0.2) is 0 Å². The largest absolute Gasteiger partial charge is 0.466 e. The van der Waals surface area contributed by atoms with E-state index in [-0.39, 0.29) is 18.0 Å². The van der Waals surface area contributed by atoms with Crippen molar-refractivity contribution in [2.24, 2.45) is 0 Å². The lowest BCUT2D eigenvalue weighted by molar-refractivity contribution is -0.150. The number of rotatable bonds is 23. The zero-order chi connectivity index (χ0) is 23.0. The molecule has 0 saturated carbocycles. The number of esters is 2. The van der Waals surface area contributed by atoms with Crippen LogP contribution in [-0.4, -0.2) is 24.6 Å². The van der Waals surface area contributed by atoms with Crippen LogP contribution >= 0.6 is 0 Å². The van der Waals surface area contributed by atoms with Gasteiger partial charge in [0.25, 0.3) is 0 Å². The zero-order valence-electron chi connectivity index (χ0n) is 21.1. The maximum Gasteiger partial charge on any atom is 0.306 e. The third-order valence-corrected chi connectivity index (χ3v) is 5.98. The predicted molar refractivity (Wildman–Crippen MR) is 130 cm³/mol. The second-order valence-corrected chi connectivity index (χ2v) is 8.95. The molecule has 0 spiro atoms. The van der Waals surface area contributed by atoms with Crippen molar-refractivity contribution in [2.75, 3.05) is 6.61 Å². The first-order chi connectivity index (χ1) is 15.1. The highest BCUT2D eigenvalue weighted by atomic mass is 16.5. The van der Waals surface area contributed by atoms with Gasteiger partial charge in [0.15, 0.2) is 0 Å². The Hall–Kier alpha value is -1.06. The van der Waals surface area contributed by atoms with Gasteiger partial charge in [-0.2, -0.15) is 0 Å². The first-order valence-electron chi connectivity index (χ1n) is 13.5. The first-order valence-corrected chi connectivity index (χ1v) is 13.5. The summed E-state index contributed by atoms with van der Waals surface area (Å²) in [6, 6.07) is 0. The fourth-order valence-corrected chi connectivity index (χ4v) is 3.79. The van der Waals surface area contributed by atoms with Crippen LogP contribution in [0.1, 0.15) is 149 Å². The average Bonchev–Trinajstić information content (AvgIpc) is 2.77. The van der Waals surface area contributed by atoms with Crippen LogP contribution in [0, 0.1) is 0 Å². The van der Waals surface area contributed by atoms with Crippen molar-refractivity contribution >= 4 is 11.9 Å². The van der Waals surface area contributed by atoms with Gasteiger partial charge in [-0.05, 0) is 32.1 Å². The van der Waals surface area contributed by atoms with Gasteiger partial charge >= 0.3 is 11.9 Å². The van der Waals surface area contributed by atoms with Crippen molar-refractivity contribution in [3.8, 4) is 0 Å². The zero-order valence-corrected chi connectivity index (χ0v) is 21.1. The van der Waals surface area contributed by atoms with Crippen molar-refractivity contribution in [1.82, 2.24) is 0 Å². The second-order valence-electron chi connectivity index (χ2n) is 8.95. The minimum Gasteiger partial charge on any atom is -0.466 e. The molecule has 0 amide bonds. The van der Waals surface area contributed by atoms with Gasteiger partial charge in [-0.1, -0.05) is 104 Å². The summed E-state index contributed by atoms with van der Waals surface area (Å²) in [4.78, 5) is 23.5. The van der Waals surface area contributed by atoms with E-state index in [0.29, 0.717) is 32.3 Å². The van der Waals surface area contributed by atoms with E-state index in [9.17, 15) is 9.59 Å². The molecule has 0 atom stereocenters. The molecular formula is C27H52O4. The molecule has 0 aliphatic rings. The Labute approximate surface area is 193 Å². The third kappa shape index (κ3) is 21.9. The number of unbranched alkanes of at least 4 members (excludes halogenated alkanes) is 14. The molecule has 0 aromatic heterocycles. The van der Waals surface area contributed by atoms with Gasteiger partial charge in [-0.3, -0.25) is 9.59 Å². The third-order valence-electron chi connectivity index (χ3n) is 5.98. The molecule has 0 N–H and O–H groups in total. The summed E-state index contributed by atoms with van der Waals surface area (Å²) in [5.41, 5.74) is 0. The van der Waals surface area contributed by atoms with Crippen LogP contribution in [0.5, 0.6) is 0 Å². The number of ether oxygens (including phenoxy) is 2. The molecule has 0 unspecified atom stereocenters. The van der Waals surface area contributed by atoms with Crippen molar-refractivity contribution in [3.63, 3.8) is 0 Å². The number of carbonyl (C=O) groups excluding carboxylic acids is 2. The number of hydrogen-bond donors (Lipinski definition) is 0. The van der Waals surface area contributed by atoms with Crippen LogP contribution < -0.4 is 0 Å². The second kappa shape index (κ2) is 23.6. The van der Waals surface area contributed by atoms with E-state index in [1.165, 1.54) is 77.0 Å². The van der Waals surface area contributed by atoms with Gasteiger partial charge in [0, 0.05) is 12.8 Å². The van der Waals surface area contributed by atoms with Crippen LogP contribution in [0.3, 0.4) is 0 Å². The normalized spacial score (nSPS) is 11.1. The highest BCUT2D eigenvalue weighted by Gasteiger charge is 2.10. The molecule has 0 aromatic carbocycles. The molecule has 0 saturated heterocycles. The van der Waals surface area contributed by atoms with E-state index in [0.717, 1.165) is 25.7 Å². The van der Waals surface area contributed by atoms with Crippen LogP contribution in [0.25, 0.3) is 0 Å². The molecule has 0 aliphatic heterocycles. The lowest BCUT2D eigenvalue weighted by Crippen LogP contribution is -2.16. The molecule has 0 bridgehead atoms. The monoisotopic (exact) mass is 440 g/mol. The molecule has 0 rings (SSSR count). The van der Waals surface area contributed by atoms with E-state index in [1.807, 2.05) is 13.8 Å². The molecule has 0 aromatic rings. The van der Waals surface area contributed by atoms with Crippen molar-refractivity contribution in [1.29, 1.82) is 0 Å². The highest BCUT2D eigenvalue weighted by Crippen LogP contribution is 2.13. The molecule has 0 heterocycles. The Morgan fingerprint density at radius 2 is 0.968 bits per heavy atom. The molecule has 184 valence electrons. The predicted octanol–water partition coefficient (Wildman–Crippen LogP) is 8.30. The standard InChI is InChI=1S/C27H52O4/c1-4-7-8-9-10-11-12-13-14-15-16-17-18-21-24-30-26(28)22-19-20-23-27(29)31-25(5-2)6-3/h25H,4-24H2,1-3H3. The summed E-state index contributed by atoms with van der Waals surface area (Å²) in [5.74, 6) is -0.285. The SMILES string of the molecule is CCCCCCCCCCCCCCCCOC(=O)CCCCC(=O)OC(CC)CC. The Balaban J connectivity index is 3.30. The quantitative estimate of drug-likeness (QED) is 0.118. The van der Waals surface area contributed by atoms with E-state index >= 15 is 0 Å². The van der Waals surface area contributed by atoms with Gasteiger partial charge in [-0.25, -0.2) is 0 Å². The van der Waals surface area contributed by atoms with E-state index in [1.54, 1.807) is 0 Å². The van der Waals surface area contributed by atoms with E-state index < -0.39 is 0 Å². The minimum absolute atomic E-state index is 0.0302. The Kier molecular flexibility index (Phi) is 22.8. The molecule has 4 nitrogen and oxygen atoms in total. The number of hydrogen-bond acceptors (Lipinski definition) is 4. The molecule has 4 heteroatoms. The Bertz CT molecular complexity index is 404. The molecule has 0 aliphatic carbocycles. The summed E-state index contributed by atoms with van der Waals surface area (Å²) in [5, 5.41) is 0. The molecule has 0 fully saturated rings. The fraction of sp³-hybridized carbons (Fsp3) is 0.926. The lowest BCUT2D eigenvalue weighted by atomic mass is 10.0. The van der Waals surface area contributed by atoms with Crippen molar-refractivity contribution in [2.45, 2.75) is 155 Å². The lowest BCUT2D eigenvalue weighted by Gasteiger charge is -2.13. The first kappa shape index (κ1) is 29.9. The van der Waals surface area contributed by atoms with E-state index in [4.69, 9.17) is 9.47 Å². The summed E-state index contributed by atoms with van der Waals surface area (Å²) in [6.07, 6.45) is 22.5. The van der Waals surface area contributed by atoms with Crippen molar-refractivity contribution in [3.05, 3.63) is 0 Å². The average molecular weight is 441 g/mol. The maximum absolute atomic E-state index is 11.8. The molecule has 31 heavy (non-hydrogen) atoms. The minimum atomic E-state index is -0.149. The fourth-order valence-electron chi connectivity index (χ4n) is 3.79. The van der Waals surface area contributed by atoms with Gasteiger partial charge in [0.05, 0.1) is 6.61 Å². The van der Waals surface area contributed by atoms with Crippen molar-refractivity contribution < 1.29 is 19.1 Å². The van der Waals surface area contributed by atoms with Gasteiger partial charge in [0.1, 0.15) is 6.10 Å². The van der Waals surface area contributed by atoms with Gasteiger partial charge < -0.3 is 9.47 Å². The van der Waals surface area contributed by atoms with Crippen LogP contribution in [0.4, 0.5) is 0 Å². The summed E-state index contributed by atoms with van der Waals surface area (Å²) < 4.78 is 10.7. The topological polar surface area (TPSA) is 52.6 Å². The van der Waals surface area contributed by atoms with Crippen LogP contribution in [-0.2, 0) is 19.1 Å². The van der Waals surface area contributed by atoms with Gasteiger partial charge in [-0.15, -0.1) is 0 Å². The summed E-state index contributed by atoms with van der Waals surface area (Å²) >= 11 is 0. The summed E-state index contributed by atoms with van der Waals surface area (Å²) in [6.45, 7) is 6.85. The smallest absolute Gasteiger partial charge is 0.306 e. The maximum atomic E-state index is 11.8. The van der Waals surface area contributed by atoms with Crippen LogP contribution in [0.2, 0.25) is 0 Å². The highest BCUT2D eigenvalue weighted by molar-refractivity contribution is 5.70. The summed E-state index contributed by atoms with van der Waals surface area (Å²) in [7, 11) is 0. The van der Waals surface area contributed by atoms with E-state index in [2.05, 4.69) is 6.92 Å². The molecular weight excluding hydrogens is 388 g/mol. The van der Waals surface area contributed by atoms with Gasteiger partial charge in [0.2, 0.25) is 0 Å². The Morgan fingerprint density at radius 1 is 0.548 bits per heavy atom.